The molecule has 170 valence electrons. The largest absolute Gasteiger partial charge is 0.453 e. The van der Waals surface area contributed by atoms with Crippen molar-refractivity contribution < 1.29 is 35.8 Å². The molecule has 0 aromatic heterocycles. The minimum absolute atomic E-state index is 0.0738. The van der Waals surface area contributed by atoms with E-state index in [9.17, 15) is 26.3 Å². The van der Waals surface area contributed by atoms with Crippen LogP contribution in [-0.2, 0) is 12.4 Å². The normalized spacial score (nSPS) is 11.9. The fourth-order valence-electron chi connectivity index (χ4n) is 2.75. The molecule has 0 heterocycles. The van der Waals surface area contributed by atoms with Gasteiger partial charge in [-0.15, -0.1) is 0 Å². The third-order valence-electron chi connectivity index (χ3n) is 4.19. The molecule has 32 heavy (non-hydrogen) atoms. The lowest BCUT2D eigenvalue weighted by molar-refractivity contribution is -0.138. The van der Waals surface area contributed by atoms with Crippen molar-refractivity contribution in [3.05, 3.63) is 59.7 Å². The molecule has 6 nitrogen and oxygen atoms in total. The molecule has 3 aromatic carbocycles. The van der Waals surface area contributed by atoms with Gasteiger partial charge in [-0.1, -0.05) is 6.07 Å². The fourth-order valence-corrected chi connectivity index (χ4v) is 2.75. The number of hydrogen-bond donors (Lipinski definition) is 4. The van der Waals surface area contributed by atoms with Crippen molar-refractivity contribution in [3.63, 3.8) is 0 Å². The number of halogens is 6. The Kier molecular flexibility index (Phi) is 5.64. The Labute approximate surface area is 177 Å². The van der Waals surface area contributed by atoms with Gasteiger partial charge in [0.1, 0.15) is 11.5 Å². The third kappa shape index (κ3) is 4.85. The molecule has 0 aliphatic rings. The van der Waals surface area contributed by atoms with E-state index in [4.69, 9.17) is 32.4 Å². The predicted molar refractivity (Wildman–Crippen MR) is 107 cm³/mol. The number of nitrogen functional groups attached to an aromatic ring is 4. The minimum Gasteiger partial charge on any atom is -0.453 e. The number of ether oxygens (including phenoxy) is 2. The lowest BCUT2D eigenvalue weighted by Crippen LogP contribution is -2.08. The van der Waals surface area contributed by atoms with Gasteiger partial charge in [0.2, 0.25) is 0 Å². The second kappa shape index (κ2) is 7.94. The number of hydrogen-bond acceptors (Lipinski definition) is 6. The van der Waals surface area contributed by atoms with Gasteiger partial charge in [-0.05, 0) is 36.4 Å². The Hall–Kier alpha value is -3.96. The summed E-state index contributed by atoms with van der Waals surface area (Å²) in [5.41, 5.74) is 19.2. The lowest BCUT2D eigenvalue weighted by atomic mass is 10.1. The van der Waals surface area contributed by atoms with Gasteiger partial charge >= 0.3 is 12.4 Å². The van der Waals surface area contributed by atoms with Crippen LogP contribution < -0.4 is 32.4 Å². The summed E-state index contributed by atoms with van der Waals surface area (Å²) in [6, 6.07) is 8.33. The Morgan fingerprint density at radius 3 is 1.12 bits per heavy atom. The molecule has 3 rings (SSSR count). The SMILES string of the molecule is Nc1cc(C(F)(F)F)cc(N)c1Oc1cccc(Oc2c(N)cc(C(F)(F)F)cc2N)c1. The standard InChI is InChI=1S/C20H16F6N4O2/c21-19(22,23)9-4-13(27)17(14(28)5-9)31-11-2-1-3-12(8-11)32-18-15(29)6-10(7-16(18)30)20(24,25)26/h1-8H,27-30H2. The topological polar surface area (TPSA) is 123 Å². The van der Waals surface area contributed by atoms with Gasteiger partial charge in [-0.25, -0.2) is 0 Å². The number of alkyl halides is 6. The van der Waals surface area contributed by atoms with Gasteiger partial charge < -0.3 is 32.4 Å². The zero-order chi connectivity index (χ0) is 23.8. The maximum absolute atomic E-state index is 12.9. The molecule has 3 aromatic rings. The van der Waals surface area contributed by atoms with Crippen molar-refractivity contribution >= 4 is 22.7 Å². The second-order valence-corrected chi connectivity index (χ2v) is 6.64. The quantitative estimate of drug-likeness (QED) is 0.297. The van der Waals surface area contributed by atoms with Crippen molar-refractivity contribution in [3.8, 4) is 23.0 Å². The molecule has 0 aliphatic heterocycles. The maximum Gasteiger partial charge on any atom is 0.416 e. The summed E-state index contributed by atoms with van der Waals surface area (Å²) in [5, 5.41) is 0. The van der Waals surface area contributed by atoms with Crippen LogP contribution in [0.4, 0.5) is 49.1 Å². The zero-order valence-corrected chi connectivity index (χ0v) is 16.0. The van der Waals surface area contributed by atoms with E-state index in [2.05, 4.69) is 0 Å². The van der Waals surface area contributed by atoms with Crippen LogP contribution in [0.15, 0.2) is 48.5 Å². The number of anilines is 4. The van der Waals surface area contributed by atoms with Crippen LogP contribution in [0.3, 0.4) is 0 Å². The molecule has 0 spiro atoms. The highest BCUT2D eigenvalue weighted by Crippen LogP contribution is 2.42. The van der Waals surface area contributed by atoms with E-state index < -0.39 is 23.5 Å². The van der Waals surface area contributed by atoms with Crippen molar-refractivity contribution in [2.75, 3.05) is 22.9 Å². The van der Waals surface area contributed by atoms with Gasteiger partial charge in [0, 0.05) is 6.07 Å². The van der Waals surface area contributed by atoms with E-state index in [0.29, 0.717) is 24.3 Å². The van der Waals surface area contributed by atoms with Gasteiger partial charge in [0.05, 0.1) is 33.9 Å². The van der Waals surface area contributed by atoms with Crippen LogP contribution in [0.1, 0.15) is 11.1 Å². The minimum atomic E-state index is -4.64. The number of benzene rings is 3. The van der Waals surface area contributed by atoms with E-state index in [1.54, 1.807) is 0 Å². The average Bonchev–Trinajstić information content (AvgIpc) is 2.66. The first kappa shape index (κ1) is 22.7. The first-order chi connectivity index (χ1) is 14.8. The summed E-state index contributed by atoms with van der Waals surface area (Å²) in [6.45, 7) is 0. The summed E-state index contributed by atoms with van der Waals surface area (Å²) in [6.07, 6.45) is -9.29. The summed E-state index contributed by atoms with van der Waals surface area (Å²) in [5.74, 6) is -0.262. The summed E-state index contributed by atoms with van der Waals surface area (Å²) in [7, 11) is 0. The molecular formula is C20H16F6N4O2. The van der Waals surface area contributed by atoms with Gasteiger partial charge in [-0.3, -0.25) is 0 Å². The predicted octanol–water partition coefficient (Wildman–Crippen LogP) is 5.64. The Bertz CT molecular complexity index is 1030. The molecule has 0 aliphatic carbocycles. The smallest absolute Gasteiger partial charge is 0.416 e. The van der Waals surface area contributed by atoms with Gasteiger partial charge in [0.15, 0.2) is 11.5 Å². The molecule has 0 bridgehead atoms. The van der Waals surface area contributed by atoms with Crippen LogP contribution in [-0.4, -0.2) is 0 Å². The molecular weight excluding hydrogens is 442 g/mol. The van der Waals surface area contributed by atoms with Gasteiger partial charge in [0.25, 0.3) is 0 Å². The fraction of sp³-hybridized carbons (Fsp3) is 0.100. The van der Waals surface area contributed by atoms with Crippen molar-refractivity contribution in [1.29, 1.82) is 0 Å². The highest BCUT2D eigenvalue weighted by molar-refractivity contribution is 5.71. The summed E-state index contributed by atoms with van der Waals surface area (Å²) in [4.78, 5) is 0. The zero-order valence-electron chi connectivity index (χ0n) is 16.0. The number of rotatable bonds is 4. The second-order valence-electron chi connectivity index (χ2n) is 6.64. The molecule has 0 fully saturated rings. The van der Waals surface area contributed by atoms with Crippen molar-refractivity contribution in [1.82, 2.24) is 0 Å². The Morgan fingerprint density at radius 1 is 0.531 bits per heavy atom. The van der Waals surface area contributed by atoms with E-state index in [1.165, 1.54) is 24.3 Å². The maximum atomic E-state index is 12.9. The average molecular weight is 458 g/mol. The van der Waals surface area contributed by atoms with E-state index in [-0.39, 0.29) is 45.7 Å². The summed E-state index contributed by atoms with van der Waals surface area (Å²) < 4.78 is 88.2. The van der Waals surface area contributed by atoms with Crippen LogP contribution in [0.2, 0.25) is 0 Å². The van der Waals surface area contributed by atoms with Crippen LogP contribution in [0.5, 0.6) is 23.0 Å². The Morgan fingerprint density at radius 2 is 0.844 bits per heavy atom. The van der Waals surface area contributed by atoms with Crippen molar-refractivity contribution in [2.24, 2.45) is 0 Å². The lowest BCUT2D eigenvalue weighted by Gasteiger charge is -2.16. The highest BCUT2D eigenvalue weighted by atomic mass is 19.4. The Balaban J connectivity index is 1.88. The highest BCUT2D eigenvalue weighted by Gasteiger charge is 2.33. The van der Waals surface area contributed by atoms with E-state index >= 15 is 0 Å². The molecule has 0 amide bonds. The van der Waals surface area contributed by atoms with Gasteiger partial charge in [-0.2, -0.15) is 26.3 Å². The van der Waals surface area contributed by atoms with Crippen LogP contribution >= 0.6 is 0 Å². The molecule has 0 radical (unpaired) electrons. The molecule has 0 unspecified atom stereocenters. The summed E-state index contributed by atoms with van der Waals surface area (Å²) >= 11 is 0. The van der Waals surface area contributed by atoms with E-state index in [1.807, 2.05) is 0 Å². The van der Waals surface area contributed by atoms with Crippen LogP contribution in [0.25, 0.3) is 0 Å². The third-order valence-corrected chi connectivity index (χ3v) is 4.19. The van der Waals surface area contributed by atoms with Crippen LogP contribution in [0, 0.1) is 0 Å². The molecule has 8 N–H and O–H groups in total. The van der Waals surface area contributed by atoms with Crippen molar-refractivity contribution in [2.45, 2.75) is 12.4 Å². The number of nitrogens with two attached hydrogens (primary N) is 4. The first-order valence-electron chi connectivity index (χ1n) is 8.74. The van der Waals surface area contributed by atoms with E-state index in [0.717, 1.165) is 0 Å². The first-order valence-corrected chi connectivity index (χ1v) is 8.74. The molecule has 0 saturated heterocycles. The molecule has 0 saturated carbocycles. The monoisotopic (exact) mass is 458 g/mol. The molecule has 12 heteroatoms. The molecule has 0 atom stereocenters.